The Morgan fingerprint density at radius 3 is 2.48 bits per heavy atom. The number of rotatable bonds is 10. The number of ether oxygens (including phenoxy) is 1. The molecule has 0 atom stereocenters. The smallest absolute Gasteiger partial charge is 0.240 e. The highest BCUT2D eigenvalue weighted by atomic mass is 79.9. The maximum absolute atomic E-state index is 12.3. The summed E-state index contributed by atoms with van der Waals surface area (Å²) in [7, 11) is -3.57. The molecule has 0 heterocycles. The van der Waals surface area contributed by atoms with Crippen molar-refractivity contribution in [1.82, 2.24) is 5.32 Å². The first-order chi connectivity index (χ1) is 13.6. The summed E-state index contributed by atoms with van der Waals surface area (Å²) in [6.45, 7) is 4.18. The Bertz CT molecular complexity index is 915. The average Bonchev–Trinajstić information content (AvgIpc) is 2.63. The van der Waals surface area contributed by atoms with E-state index in [0.717, 1.165) is 39.2 Å². The van der Waals surface area contributed by atoms with Gasteiger partial charge in [0, 0.05) is 11.0 Å². The second kappa shape index (κ2) is 10.6. The van der Waals surface area contributed by atoms with Crippen molar-refractivity contribution in [2.45, 2.75) is 32.8 Å². The van der Waals surface area contributed by atoms with Crippen LogP contribution in [0.4, 0.5) is 5.69 Å². The van der Waals surface area contributed by atoms with Gasteiger partial charge in [0.05, 0.1) is 18.0 Å². The number of sulfonamides is 1. The lowest BCUT2D eigenvalue weighted by molar-refractivity contribution is -0.119. The van der Waals surface area contributed by atoms with Crippen LogP contribution in [0.25, 0.3) is 0 Å². The largest absolute Gasteiger partial charge is 0.491 e. The molecule has 1 amide bonds. The predicted octanol–water partition coefficient (Wildman–Crippen LogP) is 3.75. The second-order valence-electron chi connectivity index (χ2n) is 7.01. The summed E-state index contributed by atoms with van der Waals surface area (Å²) in [4.78, 5) is 12.3. The lowest BCUT2D eigenvalue weighted by Gasteiger charge is -2.22. The number of carbonyl (C=O) groups is 1. The molecule has 29 heavy (non-hydrogen) atoms. The number of amides is 1. The van der Waals surface area contributed by atoms with E-state index in [1.165, 1.54) is 0 Å². The van der Waals surface area contributed by atoms with Crippen LogP contribution in [0.2, 0.25) is 0 Å². The molecule has 0 aliphatic carbocycles. The summed E-state index contributed by atoms with van der Waals surface area (Å²) in [5.74, 6) is 0.495. The van der Waals surface area contributed by atoms with Gasteiger partial charge < -0.3 is 10.1 Å². The SMILES string of the molecule is CC(C)Oc1cccc(CCCNC(=O)CN(c2ccc(Br)cc2)S(C)(=O)=O)c1. The summed E-state index contributed by atoms with van der Waals surface area (Å²) in [5.41, 5.74) is 1.58. The van der Waals surface area contributed by atoms with Gasteiger partial charge in [-0.25, -0.2) is 8.42 Å². The third kappa shape index (κ3) is 8.06. The van der Waals surface area contributed by atoms with Crippen molar-refractivity contribution < 1.29 is 17.9 Å². The van der Waals surface area contributed by atoms with Gasteiger partial charge in [-0.2, -0.15) is 0 Å². The summed E-state index contributed by atoms with van der Waals surface area (Å²) < 4.78 is 31.8. The van der Waals surface area contributed by atoms with Crippen LogP contribution in [0.15, 0.2) is 53.0 Å². The van der Waals surface area contributed by atoms with Crippen molar-refractivity contribution in [1.29, 1.82) is 0 Å². The first-order valence-electron chi connectivity index (χ1n) is 9.41. The van der Waals surface area contributed by atoms with Gasteiger partial charge in [0.15, 0.2) is 0 Å². The van der Waals surface area contributed by atoms with Crippen LogP contribution in [-0.2, 0) is 21.2 Å². The summed E-state index contributed by atoms with van der Waals surface area (Å²) in [6, 6.07) is 14.7. The Hall–Kier alpha value is -2.06. The normalized spacial score (nSPS) is 11.3. The minimum Gasteiger partial charge on any atom is -0.491 e. The molecule has 0 aliphatic heterocycles. The Kier molecular flexibility index (Phi) is 8.52. The third-order valence-electron chi connectivity index (χ3n) is 4.04. The molecule has 0 aromatic heterocycles. The number of nitrogens with zero attached hydrogens (tertiary/aromatic N) is 1. The summed E-state index contributed by atoms with van der Waals surface area (Å²) >= 11 is 3.32. The van der Waals surface area contributed by atoms with Gasteiger partial charge in [0.25, 0.3) is 0 Å². The molecule has 2 aromatic rings. The fourth-order valence-electron chi connectivity index (χ4n) is 2.76. The molecule has 2 rings (SSSR count). The van der Waals surface area contributed by atoms with Crippen molar-refractivity contribution in [2.24, 2.45) is 0 Å². The van der Waals surface area contributed by atoms with Gasteiger partial charge in [0.1, 0.15) is 12.3 Å². The van der Waals surface area contributed by atoms with Crippen LogP contribution in [0.1, 0.15) is 25.8 Å². The van der Waals surface area contributed by atoms with Crippen molar-refractivity contribution in [3.63, 3.8) is 0 Å². The molecule has 1 N–H and O–H groups in total. The van der Waals surface area contributed by atoms with Crippen LogP contribution in [0.5, 0.6) is 5.75 Å². The second-order valence-corrected chi connectivity index (χ2v) is 9.84. The molecule has 0 aliphatic rings. The molecule has 2 aromatic carbocycles. The van der Waals surface area contributed by atoms with E-state index < -0.39 is 10.0 Å². The Balaban J connectivity index is 1.86. The molecule has 0 saturated carbocycles. The fraction of sp³-hybridized carbons (Fsp3) is 0.381. The number of carbonyl (C=O) groups excluding carboxylic acids is 1. The molecule has 158 valence electrons. The van der Waals surface area contributed by atoms with Gasteiger partial charge in [-0.1, -0.05) is 28.1 Å². The van der Waals surface area contributed by atoms with E-state index in [2.05, 4.69) is 21.2 Å². The Labute approximate surface area is 181 Å². The maximum Gasteiger partial charge on any atom is 0.240 e. The minimum atomic E-state index is -3.57. The van der Waals surface area contributed by atoms with Crippen LogP contribution in [0, 0.1) is 0 Å². The van der Waals surface area contributed by atoms with Crippen LogP contribution >= 0.6 is 15.9 Å². The maximum atomic E-state index is 12.3. The number of nitrogens with one attached hydrogen (secondary N) is 1. The highest BCUT2D eigenvalue weighted by Gasteiger charge is 2.20. The van der Waals surface area contributed by atoms with Crippen LogP contribution in [0.3, 0.4) is 0 Å². The predicted molar refractivity (Wildman–Crippen MR) is 120 cm³/mol. The molecule has 0 saturated heterocycles. The van der Waals surface area contributed by atoms with Gasteiger partial charge in [-0.15, -0.1) is 0 Å². The molecule has 0 spiro atoms. The van der Waals surface area contributed by atoms with Crippen molar-refractivity contribution in [2.75, 3.05) is 23.7 Å². The minimum absolute atomic E-state index is 0.119. The molecule has 6 nitrogen and oxygen atoms in total. The number of hydrogen-bond donors (Lipinski definition) is 1. The van der Waals surface area contributed by atoms with Gasteiger partial charge >= 0.3 is 0 Å². The van der Waals surface area contributed by atoms with E-state index >= 15 is 0 Å². The molecule has 0 fully saturated rings. The van der Waals surface area contributed by atoms with Crippen LogP contribution < -0.4 is 14.4 Å². The molecule has 8 heteroatoms. The Morgan fingerprint density at radius 2 is 1.86 bits per heavy atom. The van der Waals surface area contributed by atoms with E-state index in [1.54, 1.807) is 24.3 Å². The monoisotopic (exact) mass is 482 g/mol. The molecule has 0 radical (unpaired) electrons. The van der Waals surface area contributed by atoms with E-state index in [9.17, 15) is 13.2 Å². The zero-order chi connectivity index (χ0) is 21.4. The number of anilines is 1. The van der Waals surface area contributed by atoms with E-state index in [-0.39, 0.29) is 18.6 Å². The quantitative estimate of drug-likeness (QED) is 0.523. The van der Waals surface area contributed by atoms with Gasteiger partial charge in [0.2, 0.25) is 15.9 Å². The highest BCUT2D eigenvalue weighted by Crippen LogP contribution is 2.20. The van der Waals surface area contributed by atoms with Crippen molar-refractivity contribution in [3.8, 4) is 5.75 Å². The van der Waals surface area contributed by atoms with Gasteiger partial charge in [-0.3, -0.25) is 9.10 Å². The molecular formula is C21H27BrN2O4S. The zero-order valence-corrected chi connectivity index (χ0v) is 19.3. The molecule has 0 bridgehead atoms. The first-order valence-corrected chi connectivity index (χ1v) is 12.0. The number of benzene rings is 2. The van der Waals surface area contributed by atoms with Crippen LogP contribution in [-0.4, -0.2) is 39.8 Å². The van der Waals surface area contributed by atoms with E-state index in [0.29, 0.717) is 12.2 Å². The Morgan fingerprint density at radius 1 is 1.17 bits per heavy atom. The third-order valence-corrected chi connectivity index (χ3v) is 5.71. The lowest BCUT2D eigenvalue weighted by atomic mass is 10.1. The zero-order valence-electron chi connectivity index (χ0n) is 16.9. The van der Waals surface area contributed by atoms with Gasteiger partial charge in [-0.05, 0) is 68.7 Å². The van der Waals surface area contributed by atoms with E-state index in [4.69, 9.17) is 4.74 Å². The number of hydrogen-bond acceptors (Lipinski definition) is 4. The first kappa shape index (κ1) is 23.2. The van der Waals surface area contributed by atoms with Crippen molar-refractivity contribution >= 4 is 37.5 Å². The highest BCUT2D eigenvalue weighted by molar-refractivity contribution is 9.10. The molecule has 0 unspecified atom stereocenters. The standard InChI is InChI=1S/C21H27BrN2O4S/c1-16(2)28-20-8-4-6-17(14-20)7-5-13-23-21(25)15-24(29(3,26)27)19-11-9-18(22)10-12-19/h4,6,8-12,14,16H,5,7,13,15H2,1-3H3,(H,23,25). The summed E-state index contributed by atoms with van der Waals surface area (Å²) in [5, 5.41) is 2.80. The van der Waals surface area contributed by atoms with E-state index in [1.807, 2.05) is 38.1 Å². The average molecular weight is 483 g/mol. The number of aryl methyl sites for hydroxylation is 1. The lowest BCUT2D eigenvalue weighted by Crippen LogP contribution is -2.40. The topological polar surface area (TPSA) is 75.7 Å². The molecular weight excluding hydrogens is 456 g/mol. The van der Waals surface area contributed by atoms with Crippen molar-refractivity contribution in [3.05, 3.63) is 58.6 Å². The number of halogens is 1. The summed E-state index contributed by atoms with van der Waals surface area (Å²) in [6.07, 6.45) is 2.74. The fourth-order valence-corrected chi connectivity index (χ4v) is 3.88.